The van der Waals surface area contributed by atoms with E-state index in [1.165, 1.54) is 28.2 Å². The van der Waals surface area contributed by atoms with Gasteiger partial charge in [-0.1, -0.05) is 25.7 Å². The number of carbonyl (C=O) groups excluding carboxylic acids is 2. The van der Waals surface area contributed by atoms with E-state index in [2.05, 4.69) is 0 Å². The van der Waals surface area contributed by atoms with Crippen LogP contribution in [0.3, 0.4) is 0 Å². The van der Waals surface area contributed by atoms with Gasteiger partial charge >= 0.3 is 5.97 Å². The van der Waals surface area contributed by atoms with E-state index >= 15 is 0 Å². The summed E-state index contributed by atoms with van der Waals surface area (Å²) in [5, 5.41) is 0. The number of rotatable bonds is 5. The second-order valence-corrected chi connectivity index (χ2v) is 12.2. The van der Waals surface area contributed by atoms with E-state index in [0.29, 0.717) is 11.3 Å². The van der Waals surface area contributed by atoms with Gasteiger partial charge in [-0.25, -0.2) is 13.2 Å². The molecule has 8 heteroatoms. The Morgan fingerprint density at radius 3 is 2.47 bits per heavy atom. The minimum absolute atomic E-state index is 0.0286. The van der Waals surface area contributed by atoms with Crippen LogP contribution in [0.1, 0.15) is 77.9 Å². The lowest BCUT2D eigenvalue weighted by molar-refractivity contribution is -0.139. The highest BCUT2D eigenvalue weighted by atomic mass is 32.2. The second kappa shape index (κ2) is 9.39. The Bertz CT molecular complexity index is 862. The fourth-order valence-corrected chi connectivity index (χ4v) is 7.96. The predicted molar refractivity (Wildman–Crippen MR) is 117 cm³/mol. The maximum Gasteiger partial charge on any atom is 0.348 e. The molecular formula is C22H31NO5S2. The van der Waals surface area contributed by atoms with Gasteiger partial charge in [0.15, 0.2) is 16.4 Å². The van der Waals surface area contributed by atoms with E-state index in [1.807, 2.05) is 6.07 Å². The Kier molecular flexibility index (Phi) is 6.82. The highest BCUT2D eigenvalue weighted by Crippen LogP contribution is 2.30. The first-order chi connectivity index (χ1) is 14.4. The van der Waals surface area contributed by atoms with Gasteiger partial charge < -0.3 is 9.64 Å². The van der Waals surface area contributed by atoms with Gasteiger partial charge in [-0.05, 0) is 56.6 Å². The van der Waals surface area contributed by atoms with Gasteiger partial charge in [0, 0.05) is 17.0 Å². The molecule has 1 amide bonds. The minimum atomic E-state index is -3.09. The van der Waals surface area contributed by atoms with Crippen molar-refractivity contribution in [2.75, 3.05) is 18.1 Å². The summed E-state index contributed by atoms with van der Waals surface area (Å²) in [6, 6.07) is 1.70. The molecule has 0 bridgehead atoms. The van der Waals surface area contributed by atoms with Crippen molar-refractivity contribution in [1.29, 1.82) is 0 Å². The molecule has 0 unspecified atom stereocenters. The van der Waals surface area contributed by atoms with Crippen molar-refractivity contribution in [2.24, 2.45) is 0 Å². The summed E-state index contributed by atoms with van der Waals surface area (Å²) < 4.78 is 29.4. The lowest BCUT2D eigenvalue weighted by Gasteiger charge is -2.38. The van der Waals surface area contributed by atoms with E-state index < -0.39 is 15.8 Å². The summed E-state index contributed by atoms with van der Waals surface area (Å²) >= 11 is 1.49. The molecule has 30 heavy (non-hydrogen) atoms. The summed E-state index contributed by atoms with van der Waals surface area (Å²) in [6.45, 7) is -0.311. The highest BCUT2D eigenvalue weighted by Gasteiger charge is 2.38. The molecule has 4 rings (SSSR count). The summed E-state index contributed by atoms with van der Waals surface area (Å²) in [5.41, 5.74) is 1.25. The topological polar surface area (TPSA) is 80.8 Å². The largest absolute Gasteiger partial charge is 0.451 e. The number of hydrogen-bond acceptors (Lipinski definition) is 6. The summed E-state index contributed by atoms with van der Waals surface area (Å²) in [5.74, 6) is -0.533. The van der Waals surface area contributed by atoms with Gasteiger partial charge in [-0.2, -0.15) is 0 Å². The van der Waals surface area contributed by atoms with E-state index in [0.717, 1.165) is 57.8 Å². The molecule has 1 aliphatic heterocycles. The van der Waals surface area contributed by atoms with Crippen molar-refractivity contribution < 1.29 is 22.7 Å². The number of aryl methyl sites for hydroxylation is 2. The maximum atomic E-state index is 13.1. The van der Waals surface area contributed by atoms with Crippen molar-refractivity contribution >= 4 is 33.1 Å². The molecule has 0 spiro atoms. The predicted octanol–water partition coefficient (Wildman–Crippen LogP) is 3.52. The van der Waals surface area contributed by atoms with Crippen molar-refractivity contribution in [3.63, 3.8) is 0 Å². The normalized spacial score (nSPS) is 24.1. The van der Waals surface area contributed by atoms with Crippen LogP contribution in [0, 0.1) is 0 Å². The molecular weight excluding hydrogens is 422 g/mol. The molecule has 0 aromatic carbocycles. The lowest BCUT2D eigenvalue weighted by atomic mass is 9.93. The molecule has 0 radical (unpaired) electrons. The Morgan fingerprint density at radius 2 is 1.73 bits per heavy atom. The lowest BCUT2D eigenvalue weighted by Crippen LogP contribution is -2.50. The summed E-state index contributed by atoms with van der Waals surface area (Å²) in [4.78, 5) is 29.3. The monoisotopic (exact) mass is 453 g/mol. The molecule has 1 saturated heterocycles. The number of hydrogen-bond donors (Lipinski definition) is 0. The zero-order valence-corrected chi connectivity index (χ0v) is 19.1. The van der Waals surface area contributed by atoms with Crippen LogP contribution in [-0.2, 0) is 32.2 Å². The summed E-state index contributed by atoms with van der Waals surface area (Å²) in [6.07, 6.45) is 11.1. The molecule has 0 N–H and O–H groups in total. The molecule has 1 aromatic heterocycles. The van der Waals surface area contributed by atoms with Crippen LogP contribution < -0.4 is 0 Å². The number of thiophene rings is 1. The van der Waals surface area contributed by atoms with Crippen LogP contribution in [0.25, 0.3) is 0 Å². The Labute approximate surface area is 182 Å². The Hall–Kier alpha value is -1.41. The molecule has 2 fully saturated rings. The summed E-state index contributed by atoms with van der Waals surface area (Å²) in [7, 11) is -3.09. The number of esters is 1. The van der Waals surface area contributed by atoms with Crippen molar-refractivity contribution in [3.05, 3.63) is 21.4 Å². The molecule has 1 atom stereocenters. The molecule has 1 saturated carbocycles. The smallest absolute Gasteiger partial charge is 0.348 e. The van der Waals surface area contributed by atoms with Crippen LogP contribution in [-0.4, -0.2) is 55.4 Å². The minimum Gasteiger partial charge on any atom is -0.451 e. The van der Waals surface area contributed by atoms with Gasteiger partial charge in [-0.15, -0.1) is 11.3 Å². The second-order valence-electron chi connectivity index (χ2n) is 8.85. The number of amides is 1. The SMILES string of the molecule is O=C(OCC(=O)N(C1CCCCC1)[C@H]1CCS(=O)(=O)C1)c1cc2c(s1)CCCCC2. The van der Waals surface area contributed by atoms with Gasteiger partial charge in [0.1, 0.15) is 4.88 Å². The van der Waals surface area contributed by atoms with Crippen molar-refractivity contribution in [3.8, 4) is 0 Å². The number of carbonyl (C=O) groups is 2. The first kappa shape index (κ1) is 21.8. The van der Waals surface area contributed by atoms with Crippen molar-refractivity contribution in [1.82, 2.24) is 4.90 Å². The Balaban J connectivity index is 1.41. The number of fused-ring (bicyclic) bond motifs is 1. The first-order valence-electron chi connectivity index (χ1n) is 11.2. The van der Waals surface area contributed by atoms with E-state index in [4.69, 9.17) is 4.74 Å². The van der Waals surface area contributed by atoms with Crippen molar-refractivity contribution in [2.45, 2.75) is 82.7 Å². The molecule has 2 aliphatic carbocycles. The molecule has 3 aliphatic rings. The first-order valence-corrected chi connectivity index (χ1v) is 13.9. The maximum absolute atomic E-state index is 13.1. The molecule has 2 heterocycles. The van der Waals surface area contributed by atoms with Gasteiger partial charge in [0.05, 0.1) is 11.5 Å². The average molecular weight is 454 g/mol. The molecule has 166 valence electrons. The fourth-order valence-electron chi connectivity index (χ4n) is 5.10. The third kappa shape index (κ3) is 5.07. The van der Waals surface area contributed by atoms with Crippen LogP contribution in [0.2, 0.25) is 0 Å². The number of sulfone groups is 1. The zero-order chi connectivity index (χ0) is 21.1. The molecule has 6 nitrogen and oxygen atoms in total. The quantitative estimate of drug-likeness (QED) is 0.503. The van der Waals surface area contributed by atoms with Crippen LogP contribution in [0.15, 0.2) is 6.07 Å². The highest BCUT2D eigenvalue weighted by molar-refractivity contribution is 7.91. The number of nitrogens with zero attached hydrogens (tertiary/aromatic N) is 1. The number of ether oxygens (including phenoxy) is 1. The molecule has 1 aromatic rings. The third-order valence-electron chi connectivity index (χ3n) is 6.63. The van der Waals surface area contributed by atoms with E-state index in [-0.39, 0.29) is 36.1 Å². The average Bonchev–Trinajstić information content (AvgIpc) is 3.22. The zero-order valence-electron chi connectivity index (χ0n) is 17.4. The van der Waals surface area contributed by atoms with Gasteiger partial charge in [0.25, 0.3) is 5.91 Å². The van der Waals surface area contributed by atoms with E-state index in [1.54, 1.807) is 4.90 Å². The van der Waals surface area contributed by atoms with Crippen LogP contribution in [0.4, 0.5) is 0 Å². The van der Waals surface area contributed by atoms with Gasteiger partial charge in [0.2, 0.25) is 0 Å². The van der Waals surface area contributed by atoms with Crippen LogP contribution in [0.5, 0.6) is 0 Å². The fraction of sp³-hybridized carbons (Fsp3) is 0.727. The van der Waals surface area contributed by atoms with E-state index in [9.17, 15) is 18.0 Å². The Morgan fingerprint density at radius 1 is 1.00 bits per heavy atom. The standard InChI is InChI=1S/C22H31NO5S2/c24-21(14-28-22(25)20-13-16-7-3-1-6-10-19(16)29-20)23(17-8-4-2-5-9-17)18-11-12-30(26,27)15-18/h13,17-18H,1-12,14-15H2/t18-/m0/s1. The van der Waals surface area contributed by atoms with Gasteiger partial charge in [-0.3, -0.25) is 4.79 Å². The third-order valence-corrected chi connectivity index (χ3v) is 9.60. The van der Waals surface area contributed by atoms with Crippen LogP contribution >= 0.6 is 11.3 Å².